The molecule has 0 spiro atoms. The van der Waals surface area contributed by atoms with Crippen molar-refractivity contribution in [3.05, 3.63) is 29.3 Å². The van der Waals surface area contributed by atoms with Gasteiger partial charge in [-0.25, -0.2) is 0 Å². The van der Waals surface area contributed by atoms with E-state index in [1.54, 1.807) is 6.92 Å². The minimum Gasteiger partial charge on any atom is -0.494 e. The van der Waals surface area contributed by atoms with Crippen LogP contribution >= 0.6 is 0 Å². The van der Waals surface area contributed by atoms with Crippen molar-refractivity contribution in [3.63, 3.8) is 0 Å². The molecule has 0 heterocycles. The van der Waals surface area contributed by atoms with Crippen LogP contribution in [-0.4, -0.2) is 12.4 Å². The number of hydrogen-bond donors (Lipinski definition) is 0. The van der Waals surface area contributed by atoms with Crippen LogP contribution in [0.1, 0.15) is 90.7 Å². The zero-order valence-electron chi connectivity index (χ0n) is 17.2. The van der Waals surface area contributed by atoms with E-state index >= 15 is 0 Å². The molecule has 25 heavy (non-hydrogen) atoms. The van der Waals surface area contributed by atoms with Crippen molar-refractivity contribution in [1.29, 1.82) is 0 Å². The summed E-state index contributed by atoms with van der Waals surface area (Å²) in [4.78, 5) is 11.3. The summed E-state index contributed by atoms with van der Waals surface area (Å²) in [7, 11) is 0. The van der Waals surface area contributed by atoms with Crippen LogP contribution in [0.15, 0.2) is 18.2 Å². The van der Waals surface area contributed by atoms with E-state index in [0.29, 0.717) is 18.3 Å². The Kier molecular flexibility index (Phi) is 9.85. The number of Topliss-reactive ketones (excluding diaryl/α,β-unsaturated/α-hetero) is 1. The smallest absolute Gasteiger partial charge is 0.129 e. The molecule has 0 aromatic heterocycles. The first kappa shape index (κ1) is 21.7. The summed E-state index contributed by atoms with van der Waals surface area (Å²) in [5, 5.41) is 0. The Morgan fingerprint density at radius 1 is 1.08 bits per heavy atom. The largest absolute Gasteiger partial charge is 0.494 e. The average Bonchev–Trinajstić information content (AvgIpc) is 2.57. The van der Waals surface area contributed by atoms with Crippen molar-refractivity contribution < 1.29 is 9.53 Å². The van der Waals surface area contributed by atoms with Gasteiger partial charge in [0.1, 0.15) is 11.5 Å². The van der Waals surface area contributed by atoms with Crippen LogP contribution in [0.4, 0.5) is 0 Å². The van der Waals surface area contributed by atoms with Gasteiger partial charge in [0.2, 0.25) is 0 Å². The quantitative estimate of drug-likeness (QED) is 0.428. The first-order chi connectivity index (χ1) is 11.8. The van der Waals surface area contributed by atoms with E-state index in [9.17, 15) is 4.79 Å². The van der Waals surface area contributed by atoms with Gasteiger partial charge in [0.05, 0.1) is 6.61 Å². The molecule has 0 aliphatic rings. The molecule has 0 aliphatic carbocycles. The molecule has 0 amide bonds. The molecule has 2 nitrogen and oxygen atoms in total. The maximum atomic E-state index is 11.3. The SMILES string of the molecule is CCC(C)CCc1cc(OCCC(C)C)ccc1C(C)CCC(C)=O. The van der Waals surface area contributed by atoms with Crippen molar-refractivity contribution in [1.82, 2.24) is 0 Å². The third-order valence-electron chi connectivity index (χ3n) is 5.14. The number of benzene rings is 1. The summed E-state index contributed by atoms with van der Waals surface area (Å²) in [5.74, 6) is 3.09. The molecular weight excluding hydrogens is 308 g/mol. The van der Waals surface area contributed by atoms with Gasteiger partial charge in [-0.3, -0.25) is 0 Å². The van der Waals surface area contributed by atoms with Crippen molar-refractivity contribution in [3.8, 4) is 5.75 Å². The van der Waals surface area contributed by atoms with E-state index in [-0.39, 0.29) is 5.78 Å². The van der Waals surface area contributed by atoms with Crippen LogP contribution in [0, 0.1) is 11.8 Å². The summed E-state index contributed by atoms with van der Waals surface area (Å²) in [6, 6.07) is 6.57. The second kappa shape index (κ2) is 11.3. The Morgan fingerprint density at radius 3 is 2.40 bits per heavy atom. The first-order valence-corrected chi connectivity index (χ1v) is 10.1. The highest BCUT2D eigenvalue weighted by Gasteiger charge is 2.14. The number of hydrogen-bond acceptors (Lipinski definition) is 2. The highest BCUT2D eigenvalue weighted by molar-refractivity contribution is 5.75. The lowest BCUT2D eigenvalue weighted by Crippen LogP contribution is -2.06. The van der Waals surface area contributed by atoms with Gasteiger partial charge in [-0.1, -0.05) is 47.1 Å². The number of carbonyl (C=O) groups is 1. The molecule has 0 radical (unpaired) electrons. The summed E-state index contributed by atoms with van der Waals surface area (Å²) in [6.45, 7) is 13.7. The van der Waals surface area contributed by atoms with Gasteiger partial charge >= 0.3 is 0 Å². The van der Waals surface area contributed by atoms with Crippen molar-refractivity contribution in [2.75, 3.05) is 6.61 Å². The van der Waals surface area contributed by atoms with Gasteiger partial charge in [0.15, 0.2) is 0 Å². The molecule has 0 aliphatic heterocycles. The fourth-order valence-electron chi connectivity index (χ4n) is 2.96. The van der Waals surface area contributed by atoms with Gasteiger partial charge in [-0.2, -0.15) is 0 Å². The van der Waals surface area contributed by atoms with Crippen LogP contribution in [0.2, 0.25) is 0 Å². The van der Waals surface area contributed by atoms with E-state index in [2.05, 4.69) is 52.8 Å². The topological polar surface area (TPSA) is 26.3 Å². The van der Waals surface area contributed by atoms with E-state index in [1.807, 2.05) is 0 Å². The lowest BCUT2D eigenvalue weighted by atomic mass is 9.88. The molecule has 0 N–H and O–H groups in total. The molecule has 2 unspecified atom stereocenters. The van der Waals surface area contributed by atoms with Gasteiger partial charge in [-0.05, 0) is 73.6 Å². The van der Waals surface area contributed by atoms with Crippen LogP contribution in [0.5, 0.6) is 5.75 Å². The summed E-state index contributed by atoms with van der Waals surface area (Å²) in [6.07, 6.45) is 6.20. The fourth-order valence-corrected chi connectivity index (χ4v) is 2.96. The number of rotatable bonds is 12. The predicted molar refractivity (Wildman–Crippen MR) is 107 cm³/mol. The highest BCUT2D eigenvalue weighted by Crippen LogP contribution is 2.29. The normalized spacial score (nSPS) is 13.7. The van der Waals surface area contributed by atoms with Gasteiger partial charge in [-0.15, -0.1) is 0 Å². The van der Waals surface area contributed by atoms with E-state index in [0.717, 1.165) is 37.5 Å². The van der Waals surface area contributed by atoms with E-state index in [1.165, 1.54) is 24.0 Å². The van der Waals surface area contributed by atoms with Gasteiger partial charge < -0.3 is 9.53 Å². The zero-order valence-corrected chi connectivity index (χ0v) is 17.2. The monoisotopic (exact) mass is 346 g/mol. The van der Waals surface area contributed by atoms with E-state index in [4.69, 9.17) is 4.74 Å². The molecule has 0 saturated heterocycles. The Labute approximate surface area is 155 Å². The Bertz CT molecular complexity index is 519. The maximum absolute atomic E-state index is 11.3. The molecule has 0 saturated carbocycles. The van der Waals surface area contributed by atoms with E-state index < -0.39 is 0 Å². The Balaban J connectivity index is 2.86. The molecule has 1 aromatic rings. The molecule has 142 valence electrons. The fraction of sp³-hybridized carbons (Fsp3) is 0.696. The predicted octanol–water partition coefficient (Wildman–Crippen LogP) is 6.56. The minimum atomic E-state index is 0.279. The highest BCUT2D eigenvalue weighted by atomic mass is 16.5. The summed E-state index contributed by atoms with van der Waals surface area (Å²) in [5.41, 5.74) is 2.79. The number of carbonyl (C=O) groups excluding carboxylic acids is 1. The standard InChI is InChI=1S/C23H38O2/c1-7-18(4)8-11-21-16-22(25-15-14-17(2)3)12-13-23(21)19(5)9-10-20(6)24/h12-13,16-19H,7-11,14-15H2,1-6H3. The Hall–Kier alpha value is -1.31. The maximum Gasteiger partial charge on any atom is 0.129 e. The van der Waals surface area contributed by atoms with Crippen molar-refractivity contribution in [2.45, 2.75) is 86.0 Å². The minimum absolute atomic E-state index is 0.279. The van der Waals surface area contributed by atoms with Crippen LogP contribution < -0.4 is 4.74 Å². The number of ketones is 1. The van der Waals surface area contributed by atoms with Gasteiger partial charge in [0.25, 0.3) is 0 Å². The Morgan fingerprint density at radius 2 is 1.80 bits per heavy atom. The van der Waals surface area contributed by atoms with Gasteiger partial charge in [0, 0.05) is 6.42 Å². The van der Waals surface area contributed by atoms with Crippen molar-refractivity contribution >= 4 is 5.78 Å². The average molecular weight is 347 g/mol. The number of aryl methyl sites for hydroxylation is 1. The number of ether oxygens (including phenoxy) is 1. The lowest BCUT2D eigenvalue weighted by molar-refractivity contribution is -0.117. The van der Waals surface area contributed by atoms with Crippen LogP contribution in [0.3, 0.4) is 0 Å². The van der Waals surface area contributed by atoms with Crippen molar-refractivity contribution in [2.24, 2.45) is 11.8 Å². The first-order valence-electron chi connectivity index (χ1n) is 10.1. The molecule has 2 heteroatoms. The third-order valence-corrected chi connectivity index (χ3v) is 5.14. The van der Waals surface area contributed by atoms with Crippen LogP contribution in [-0.2, 0) is 11.2 Å². The molecular formula is C23H38O2. The second-order valence-corrected chi connectivity index (χ2v) is 8.09. The molecule has 1 rings (SSSR count). The second-order valence-electron chi connectivity index (χ2n) is 8.09. The molecule has 1 aromatic carbocycles. The lowest BCUT2D eigenvalue weighted by Gasteiger charge is -2.19. The summed E-state index contributed by atoms with van der Waals surface area (Å²) >= 11 is 0. The summed E-state index contributed by atoms with van der Waals surface area (Å²) < 4.78 is 5.97. The molecule has 0 fully saturated rings. The molecule has 2 atom stereocenters. The van der Waals surface area contributed by atoms with Crippen LogP contribution in [0.25, 0.3) is 0 Å². The third kappa shape index (κ3) is 8.56. The molecule has 0 bridgehead atoms. The zero-order chi connectivity index (χ0) is 18.8.